The number of halogens is 4. The molecule has 0 N–H and O–H groups in total. The van der Waals surface area contributed by atoms with Crippen LogP contribution in [0.3, 0.4) is 0 Å². The summed E-state index contributed by atoms with van der Waals surface area (Å²) in [5, 5.41) is -2.51. The van der Waals surface area contributed by atoms with Crippen molar-refractivity contribution < 1.29 is 17.9 Å². The van der Waals surface area contributed by atoms with Gasteiger partial charge >= 0.3 is 6.11 Å². The highest BCUT2D eigenvalue weighted by Gasteiger charge is 2.41. The smallest absolute Gasteiger partial charge is 0.430 e. The van der Waals surface area contributed by atoms with Crippen molar-refractivity contribution in [3.63, 3.8) is 0 Å². The molecule has 5 heteroatoms. The molecule has 1 rings (SSSR count). The zero-order chi connectivity index (χ0) is 9.90. The van der Waals surface area contributed by atoms with E-state index in [0.717, 1.165) is 0 Å². The van der Waals surface area contributed by atoms with Gasteiger partial charge in [-0.2, -0.15) is 8.78 Å². The maximum absolute atomic E-state index is 12.6. The van der Waals surface area contributed by atoms with Crippen LogP contribution in [0.5, 0.6) is 5.75 Å². The largest absolute Gasteiger partial charge is 0.440 e. The molecule has 72 valence electrons. The lowest BCUT2D eigenvalue weighted by molar-refractivity contribution is -0.195. The van der Waals surface area contributed by atoms with Crippen molar-refractivity contribution in [2.24, 2.45) is 0 Å². The van der Waals surface area contributed by atoms with E-state index in [9.17, 15) is 13.2 Å². The predicted octanol–water partition coefficient (Wildman–Crippen LogP) is 3.35. The number of alkyl halides is 4. The van der Waals surface area contributed by atoms with E-state index in [1.807, 2.05) is 0 Å². The highest BCUT2D eigenvalue weighted by molar-refractivity contribution is 9.09. The summed E-state index contributed by atoms with van der Waals surface area (Å²) in [6, 6.07) is 7.33. The Labute approximate surface area is 81.6 Å². The molecule has 0 fully saturated rings. The zero-order valence-corrected chi connectivity index (χ0v) is 7.97. The Balaban J connectivity index is 2.69. The first-order valence-corrected chi connectivity index (χ1v) is 4.34. The molecule has 1 aromatic carbocycles. The van der Waals surface area contributed by atoms with Crippen LogP contribution in [-0.2, 0) is 0 Å². The fourth-order valence-electron chi connectivity index (χ4n) is 0.690. The number of rotatable bonds is 3. The van der Waals surface area contributed by atoms with Gasteiger partial charge in [-0.25, -0.2) is 4.39 Å². The highest BCUT2D eigenvalue weighted by atomic mass is 79.9. The van der Waals surface area contributed by atoms with Gasteiger partial charge in [0.15, 0.2) is 0 Å². The molecule has 1 atom stereocenters. The molecule has 1 aromatic rings. The Morgan fingerprint density at radius 2 is 1.77 bits per heavy atom. The molecule has 0 aromatic heterocycles. The van der Waals surface area contributed by atoms with Gasteiger partial charge in [0.05, 0.1) is 0 Å². The standard InChI is InChI=1S/C8H6BrF3O/c9-7(10)8(11,12)13-6-4-2-1-3-5-6/h1-5,7H. The predicted molar refractivity (Wildman–Crippen MR) is 45.8 cm³/mol. The summed E-state index contributed by atoms with van der Waals surface area (Å²) in [6.07, 6.45) is -3.85. The maximum atomic E-state index is 12.6. The lowest BCUT2D eigenvalue weighted by Gasteiger charge is -2.17. The van der Waals surface area contributed by atoms with E-state index in [0.29, 0.717) is 0 Å². The summed E-state index contributed by atoms with van der Waals surface area (Å²) in [7, 11) is 0. The summed E-state index contributed by atoms with van der Waals surface area (Å²) in [5.74, 6) is -0.0744. The second kappa shape index (κ2) is 4.00. The van der Waals surface area contributed by atoms with Crippen molar-refractivity contribution in [2.45, 2.75) is 11.2 Å². The molecule has 13 heavy (non-hydrogen) atoms. The van der Waals surface area contributed by atoms with E-state index in [1.54, 1.807) is 6.07 Å². The van der Waals surface area contributed by atoms with Gasteiger partial charge in [-0.1, -0.05) is 18.2 Å². The number of hydrogen-bond acceptors (Lipinski definition) is 1. The molecule has 0 saturated heterocycles. The number of ether oxygens (including phenoxy) is 1. The summed E-state index contributed by atoms with van der Waals surface area (Å²) in [6.45, 7) is 0. The Hall–Kier alpha value is -0.710. The van der Waals surface area contributed by atoms with Crippen LogP contribution in [0.1, 0.15) is 0 Å². The molecular formula is C8H6BrF3O. The van der Waals surface area contributed by atoms with Crippen molar-refractivity contribution in [1.82, 2.24) is 0 Å². The maximum Gasteiger partial charge on any atom is 0.440 e. The van der Waals surface area contributed by atoms with E-state index in [2.05, 4.69) is 20.7 Å². The van der Waals surface area contributed by atoms with Gasteiger partial charge in [0.2, 0.25) is 0 Å². The fourth-order valence-corrected chi connectivity index (χ4v) is 0.784. The third-order valence-corrected chi connectivity index (χ3v) is 1.78. The van der Waals surface area contributed by atoms with E-state index in [4.69, 9.17) is 0 Å². The lowest BCUT2D eigenvalue weighted by atomic mass is 10.3. The third-order valence-electron chi connectivity index (χ3n) is 1.25. The van der Waals surface area contributed by atoms with Crippen LogP contribution in [0.15, 0.2) is 30.3 Å². The van der Waals surface area contributed by atoms with Gasteiger partial charge in [0.25, 0.3) is 5.08 Å². The van der Waals surface area contributed by atoms with Gasteiger partial charge < -0.3 is 4.74 Å². The Kier molecular flexibility index (Phi) is 3.19. The monoisotopic (exact) mass is 254 g/mol. The van der Waals surface area contributed by atoms with E-state index in [1.165, 1.54) is 24.3 Å². The van der Waals surface area contributed by atoms with Gasteiger partial charge in [0.1, 0.15) is 5.75 Å². The first kappa shape index (κ1) is 10.4. The van der Waals surface area contributed by atoms with E-state index in [-0.39, 0.29) is 5.75 Å². The topological polar surface area (TPSA) is 9.23 Å². The van der Waals surface area contributed by atoms with Crippen molar-refractivity contribution in [3.8, 4) is 5.75 Å². The van der Waals surface area contributed by atoms with Gasteiger partial charge in [-0.3, -0.25) is 0 Å². The van der Waals surface area contributed by atoms with Crippen LogP contribution >= 0.6 is 15.9 Å². The molecular weight excluding hydrogens is 249 g/mol. The van der Waals surface area contributed by atoms with Crippen LogP contribution in [0.25, 0.3) is 0 Å². The lowest BCUT2D eigenvalue weighted by Crippen LogP contribution is -2.32. The zero-order valence-electron chi connectivity index (χ0n) is 6.38. The van der Waals surface area contributed by atoms with Crippen LogP contribution in [0.4, 0.5) is 13.2 Å². The molecule has 0 aliphatic carbocycles. The first-order valence-electron chi connectivity index (χ1n) is 3.42. The average Bonchev–Trinajstić information content (AvgIpc) is 2.05. The first-order chi connectivity index (χ1) is 6.02. The molecule has 0 saturated carbocycles. The average molecular weight is 255 g/mol. The SMILES string of the molecule is FC(Br)C(F)(F)Oc1ccccc1. The second-order valence-electron chi connectivity index (χ2n) is 2.28. The molecule has 0 aliphatic rings. The number of hydrogen-bond donors (Lipinski definition) is 0. The Morgan fingerprint density at radius 1 is 1.23 bits per heavy atom. The van der Waals surface area contributed by atoms with E-state index >= 15 is 0 Å². The minimum Gasteiger partial charge on any atom is -0.430 e. The van der Waals surface area contributed by atoms with Crippen molar-refractivity contribution in [2.75, 3.05) is 0 Å². The minimum atomic E-state index is -3.85. The molecule has 0 spiro atoms. The van der Waals surface area contributed by atoms with Gasteiger partial charge in [-0.05, 0) is 28.1 Å². The number of para-hydroxylation sites is 1. The summed E-state index contributed by atoms with van der Waals surface area (Å²) in [5.41, 5.74) is 0. The van der Waals surface area contributed by atoms with Gasteiger partial charge in [0, 0.05) is 0 Å². The Bertz CT molecular complexity index is 263. The fraction of sp³-hybridized carbons (Fsp3) is 0.250. The summed E-state index contributed by atoms with van der Waals surface area (Å²) >= 11 is 2.11. The molecule has 1 nitrogen and oxygen atoms in total. The molecule has 0 heterocycles. The van der Waals surface area contributed by atoms with Gasteiger partial charge in [-0.15, -0.1) is 0 Å². The molecule has 0 amide bonds. The van der Waals surface area contributed by atoms with Crippen LogP contribution in [0, 0.1) is 0 Å². The van der Waals surface area contributed by atoms with Crippen LogP contribution < -0.4 is 4.74 Å². The minimum absolute atomic E-state index is 0.0744. The summed E-state index contributed by atoms with van der Waals surface area (Å²) < 4.78 is 41.5. The number of benzene rings is 1. The third kappa shape index (κ3) is 2.91. The Morgan fingerprint density at radius 3 is 2.23 bits per heavy atom. The summed E-state index contributed by atoms with van der Waals surface area (Å²) in [4.78, 5) is 0. The normalized spacial score (nSPS) is 13.8. The molecule has 0 radical (unpaired) electrons. The van der Waals surface area contributed by atoms with Crippen molar-refractivity contribution in [3.05, 3.63) is 30.3 Å². The second-order valence-corrected chi connectivity index (χ2v) is 3.08. The van der Waals surface area contributed by atoms with Crippen molar-refractivity contribution >= 4 is 15.9 Å². The highest BCUT2D eigenvalue weighted by Crippen LogP contribution is 2.29. The quantitative estimate of drug-likeness (QED) is 0.752. The molecule has 1 unspecified atom stereocenters. The van der Waals surface area contributed by atoms with Crippen LogP contribution in [0.2, 0.25) is 0 Å². The molecule has 0 bridgehead atoms. The van der Waals surface area contributed by atoms with Crippen molar-refractivity contribution in [1.29, 1.82) is 0 Å². The van der Waals surface area contributed by atoms with Crippen LogP contribution in [-0.4, -0.2) is 11.2 Å². The molecule has 0 aliphatic heterocycles. The van der Waals surface area contributed by atoms with E-state index < -0.39 is 11.2 Å².